The molecule has 124 valence electrons. The molecule has 3 N–H and O–H groups in total. The van der Waals surface area contributed by atoms with E-state index < -0.39 is 30.8 Å². The first-order chi connectivity index (χ1) is 10.9. The van der Waals surface area contributed by atoms with E-state index >= 15 is 0 Å². The van der Waals surface area contributed by atoms with Crippen molar-refractivity contribution in [3.05, 3.63) is 29.8 Å². The summed E-state index contributed by atoms with van der Waals surface area (Å²) in [6.45, 7) is 0. The maximum atomic E-state index is 12.3. The second-order valence-corrected chi connectivity index (χ2v) is 5.33. The molecule has 1 saturated carbocycles. The van der Waals surface area contributed by atoms with E-state index in [1.165, 1.54) is 24.3 Å². The van der Waals surface area contributed by atoms with E-state index in [9.17, 15) is 23.2 Å². The zero-order chi connectivity index (χ0) is 17.0. The van der Waals surface area contributed by atoms with Gasteiger partial charge < -0.3 is 15.7 Å². The molecule has 0 saturated heterocycles. The van der Waals surface area contributed by atoms with Crippen LogP contribution in [0.25, 0.3) is 0 Å². The number of rotatable bonds is 7. The molecule has 0 bridgehead atoms. The van der Waals surface area contributed by atoms with Crippen LogP contribution in [0.4, 0.5) is 14.5 Å². The summed E-state index contributed by atoms with van der Waals surface area (Å²) in [7, 11) is 0. The molecule has 2 rings (SSSR count). The van der Waals surface area contributed by atoms with E-state index in [4.69, 9.17) is 5.11 Å². The minimum atomic E-state index is -2.84. The van der Waals surface area contributed by atoms with Crippen LogP contribution in [0.1, 0.15) is 29.6 Å². The summed E-state index contributed by atoms with van der Waals surface area (Å²) < 4.78 is 24.6. The molecule has 1 aromatic rings. The van der Waals surface area contributed by atoms with Crippen LogP contribution in [0.5, 0.6) is 0 Å². The minimum Gasteiger partial charge on any atom is -0.480 e. The number of aliphatic carboxylic acids is 1. The van der Waals surface area contributed by atoms with Gasteiger partial charge in [-0.25, -0.2) is 13.6 Å². The number of amides is 2. The first-order valence-corrected chi connectivity index (χ1v) is 7.09. The lowest BCUT2D eigenvalue weighted by Crippen LogP contribution is -2.42. The SMILES string of the molecule is O=C(NC(CC(F)F)C(=O)O)c1ccc(NC(=O)C2CC2)cc1. The molecule has 1 aromatic carbocycles. The summed E-state index contributed by atoms with van der Waals surface area (Å²) in [5.41, 5.74) is 0.635. The first-order valence-electron chi connectivity index (χ1n) is 7.09. The summed E-state index contributed by atoms with van der Waals surface area (Å²) in [6, 6.07) is 4.12. The van der Waals surface area contributed by atoms with Gasteiger partial charge in [-0.1, -0.05) is 0 Å². The molecular formula is C15H16F2N2O4. The van der Waals surface area contributed by atoms with Crippen LogP contribution in [-0.2, 0) is 9.59 Å². The normalized spacial score (nSPS) is 15.1. The fraction of sp³-hybridized carbons (Fsp3) is 0.400. The van der Waals surface area contributed by atoms with Gasteiger partial charge in [0.2, 0.25) is 12.3 Å². The van der Waals surface area contributed by atoms with Crippen LogP contribution < -0.4 is 10.6 Å². The Labute approximate surface area is 130 Å². The monoisotopic (exact) mass is 326 g/mol. The minimum absolute atomic E-state index is 0.0450. The maximum Gasteiger partial charge on any atom is 0.326 e. The van der Waals surface area contributed by atoms with Crippen molar-refractivity contribution >= 4 is 23.5 Å². The number of carboxylic acids is 1. The highest BCUT2D eigenvalue weighted by molar-refractivity contribution is 5.98. The van der Waals surface area contributed by atoms with Crippen molar-refractivity contribution in [3.8, 4) is 0 Å². The molecule has 8 heteroatoms. The fourth-order valence-corrected chi connectivity index (χ4v) is 1.94. The molecule has 23 heavy (non-hydrogen) atoms. The molecule has 1 unspecified atom stereocenters. The van der Waals surface area contributed by atoms with E-state index in [0.29, 0.717) is 5.69 Å². The van der Waals surface area contributed by atoms with Gasteiger partial charge in [-0.15, -0.1) is 0 Å². The van der Waals surface area contributed by atoms with E-state index in [-0.39, 0.29) is 17.4 Å². The Balaban J connectivity index is 1.95. The number of anilines is 1. The molecule has 1 aliphatic carbocycles. The van der Waals surface area contributed by atoms with E-state index in [2.05, 4.69) is 5.32 Å². The lowest BCUT2D eigenvalue weighted by Gasteiger charge is -2.14. The van der Waals surface area contributed by atoms with Gasteiger partial charge in [0.1, 0.15) is 6.04 Å². The standard InChI is InChI=1S/C15H16F2N2O4/c16-12(17)7-11(15(22)23)19-14(21)9-3-5-10(6-4-9)18-13(20)8-1-2-8/h3-6,8,11-12H,1-2,7H2,(H,18,20)(H,19,21)(H,22,23). The Morgan fingerprint density at radius 3 is 2.26 bits per heavy atom. The second-order valence-electron chi connectivity index (χ2n) is 5.33. The summed E-state index contributed by atoms with van der Waals surface area (Å²) >= 11 is 0. The van der Waals surface area contributed by atoms with Crippen molar-refractivity contribution in [1.82, 2.24) is 5.32 Å². The summed E-state index contributed by atoms with van der Waals surface area (Å²) in [5.74, 6) is -2.32. The highest BCUT2D eigenvalue weighted by Crippen LogP contribution is 2.30. The Morgan fingerprint density at radius 1 is 1.17 bits per heavy atom. The molecule has 1 fully saturated rings. The van der Waals surface area contributed by atoms with Crippen LogP contribution >= 0.6 is 0 Å². The van der Waals surface area contributed by atoms with Crippen LogP contribution in [0, 0.1) is 5.92 Å². The van der Waals surface area contributed by atoms with E-state index in [0.717, 1.165) is 12.8 Å². The van der Waals surface area contributed by atoms with Crippen LogP contribution in [-0.4, -0.2) is 35.4 Å². The molecule has 6 nitrogen and oxygen atoms in total. The third-order valence-corrected chi connectivity index (χ3v) is 3.38. The second kappa shape index (κ2) is 7.17. The number of alkyl halides is 2. The highest BCUT2D eigenvalue weighted by Gasteiger charge is 2.29. The average Bonchev–Trinajstić information content (AvgIpc) is 3.31. The Morgan fingerprint density at radius 2 is 1.78 bits per heavy atom. The van der Waals surface area contributed by atoms with Crippen LogP contribution in [0.15, 0.2) is 24.3 Å². The Bertz CT molecular complexity index is 600. The number of benzene rings is 1. The molecule has 1 atom stereocenters. The van der Waals surface area contributed by atoms with Gasteiger partial charge in [0.05, 0.1) is 0 Å². The lowest BCUT2D eigenvalue weighted by molar-refractivity contribution is -0.140. The molecule has 0 radical (unpaired) electrons. The quantitative estimate of drug-likeness (QED) is 0.713. The number of hydrogen-bond acceptors (Lipinski definition) is 3. The molecule has 2 amide bonds. The third-order valence-electron chi connectivity index (χ3n) is 3.38. The lowest BCUT2D eigenvalue weighted by atomic mass is 10.1. The third kappa shape index (κ3) is 5.01. The number of carbonyl (C=O) groups is 3. The van der Waals surface area contributed by atoms with Gasteiger partial charge in [-0.2, -0.15) is 0 Å². The molecule has 0 heterocycles. The fourth-order valence-electron chi connectivity index (χ4n) is 1.94. The van der Waals surface area contributed by atoms with Gasteiger partial charge in [-0.05, 0) is 37.1 Å². The smallest absolute Gasteiger partial charge is 0.326 e. The van der Waals surface area contributed by atoms with Gasteiger partial charge in [0.15, 0.2) is 0 Å². The van der Waals surface area contributed by atoms with Gasteiger partial charge in [0.25, 0.3) is 5.91 Å². The highest BCUT2D eigenvalue weighted by atomic mass is 19.3. The zero-order valence-corrected chi connectivity index (χ0v) is 12.1. The van der Waals surface area contributed by atoms with Gasteiger partial charge in [-0.3, -0.25) is 9.59 Å². The van der Waals surface area contributed by atoms with Gasteiger partial charge >= 0.3 is 5.97 Å². The largest absolute Gasteiger partial charge is 0.480 e. The summed E-state index contributed by atoms with van der Waals surface area (Å²) in [4.78, 5) is 34.3. The number of halogens is 2. The van der Waals surface area contributed by atoms with Crippen molar-refractivity contribution in [2.24, 2.45) is 5.92 Å². The van der Waals surface area contributed by atoms with Crippen molar-refractivity contribution in [2.45, 2.75) is 31.7 Å². The van der Waals surface area contributed by atoms with E-state index in [1.807, 2.05) is 5.32 Å². The van der Waals surface area contributed by atoms with Crippen LogP contribution in [0.2, 0.25) is 0 Å². The average molecular weight is 326 g/mol. The number of nitrogens with one attached hydrogen (secondary N) is 2. The Kier molecular flexibility index (Phi) is 5.25. The van der Waals surface area contributed by atoms with E-state index in [1.54, 1.807) is 0 Å². The molecular weight excluding hydrogens is 310 g/mol. The zero-order valence-electron chi connectivity index (χ0n) is 12.1. The number of carboxylic acid groups (broad SMARTS) is 1. The van der Waals surface area contributed by atoms with Crippen molar-refractivity contribution in [1.29, 1.82) is 0 Å². The topological polar surface area (TPSA) is 95.5 Å². The van der Waals surface area contributed by atoms with Crippen molar-refractivity contribution in [3.63, 3.8) is 0 Å². The summed E-state index contributed by atoms with van der Waals surface area (Å²) in [6.07, 6.45) is -2.06. The molecule has 0 aromatic heterocycles. The molecule has 0 aliphatic heterocycles. The molecule has 1 aliphatic rings. The van der Waals surface area contributed by atoms with Crippen LogP contribution in [0.3, 0.4) is 0 Å². The summed E-state index contributed by atoms with van der Waals surface area (Å²) in [5, 5.41) is 13.6. The molecule has 0 spiro atoms. The van der Waals surface area contributed by atoms with Crippen molar-refractivity contribution in [2.75, 3.05) is 5.32 Å². The maximum absolute atomic E-state index is 12.3. The number of hydrogen-bond donors (Lipinski definition) is 3. The first kappa shape index (κ1) is 16.9. The predicted octanol–water partition coefficient (Wildman–Crippen LogP) is 1.87. The predicted molar refractivity (Wildman–Crippen MR) is 77.3 cm³/mol. The van der Waals surface area contributed by atoms with Gasteiger partial charge in [0, 0.05) is 23.6 Å². The van der Waals surface area contributed by atoms with Crippen molar-refractivity contribution < 1.29 is 28.3 Å². The number of carbonyl (C=O) groups excluding carboxylic acids is 2. The Hall–Kier alpha value is -2.51.